The highest BCUT2D eigenvalue weighted by atomic mass is 32.2. The maximum Gasteiger partial charge on any atom is 0.324 e. The molecule has 2 aliphatic heterocycles. The molecule has 1 aliphatic carbocycles. The minimum Gasteiger partial charge on any atom is -0.490 e. The number of ether oxygens (including phenoxy) is 1. The Bertz CT molecular complexity index is 869. The molecule has 0 aromatic heterocycles. The molecule has 4 rings (SSSR count). The molecule has 152 valence electrons. The van der Waals surface area contributed by atoms with E-state index in [0.717, 1.165) is 17.7 Å². The highest BCUT2D eigenvalue weighted by Gasteiger charge is 2.52. The Labute approximate surface area is 164 Å². The molecule has 0 unspecified atom stereocenters. The molecule has 28 heavy (non-hydrogen) atoms. The Balaban J connectivity index is 1.43. The summed E-state index contributed by atoms with van der Waals surface area (Å²) in [6.45, 7) is 0.366. The number of hydrogen-bond acceptors (Lipinski definition) is 5. The van der Waals surface area contributed by atoms with Gasteiger partial charge < -0.3 is 10.1 Å². The van der Waals surface area contributed by atoms with Crippen LogP contribution in [0.15, 0.2) is 29.2 Å². The van der Waals surface area contributed by atoms with Gasteiger partial charge in [0.1, 0.15) is 11.3 Å². The first-order valence-corrected chi connectivity index (χ1v) is 11.1. The molecular formula is C19H25N3O5S. The van der Waals surface area contributed by atoms with E-state index >= 15 is 0 Å². The predicted molar refractivity (Wildman–Crippen MR) is 101 cm³/mol. The van der Waals surface area contributed by atoms with E-state index < -0.39 is 21.6 Å². The Kier molecular flexibility index (Phi) is 4.83. The van der Waals surface area contributed by atoms with Gasteiger partial charge in [-0.3, -0.25) is 9.69 Å². The second kappa shape index (κ2) is 7.04. The lowest BCUT2D eigenvalue weighted by atomic mass is 9.88. The highest BCUT2D eigenvalue weighted by Crippen LogP contribution is 2.32. The first kappa shape index (κ1) is 19.2. The molecule has 3 fully saturated rings. The summed E-state index contributed by atoms with van der Waals surface area (Å²) in [5.41, 5.74) is -0.975. The van der Waals surface area contributed by atoms with E-state index in [2.05, 4.69) is 5.32 Å². The van der Waals surface area contributed by atoms with Gasteiger partial charge in [-0.05, 0) is 62.8 Å². The number of nitrogens with zero attached hydrogens (tertiary/aromatic N) is 2. The molecule has 2 heterocycles. The summed E-state index contributed by atoms with van der Waals surface area (Å²) in [7, 11) is -2.22. The molecule has 8 nitrogen and oxygen atoms in total. The molecule has 1 saturated carbocycles. The average molecular weight is 407 g/mol. The van der Waals surface area contributed by atoms with Crippen molar-refractivity contribution in [2.24, 2.45) is 0 Å². The van der Waals surface area contributed by atoms with Gasteiger partial charge in [-0.25, -0.2) is 13.2 Å². The van der Waals surface area contributed by atoms with Crippen molar-refractivity contribution in [1.29, 1.82) is 0 Å². The van der Waals surface area contributed by atoms with Crippen molar-refractivity contribution in [1.82, 2.24) is 14.5 Å². The number of rotatable bonds is 4. The van der Waals surface area contributed by atoms with Crippen LogP contribution in [0, 0.1) is 0 Å². The number of amides is 3. The number of sulfonamides is 1. The summed E-state index contributed by atoms with van der Waals surface area (Å²) in [5, 5.41) is 2.72. The monoisotopic (exact) mass is 407 g/mol. The van der Waals surface area contributed by atoms with Crippen LogP contribution in [0.4, 0.5) is 4.79 Å². The fourth-order valence-corrected chi connectivity index (χ4v) is 5.68. The van der Waals surface area contributed by atoms with Gasteiger partial charge >= 0.3 is 6.03 Å². The molecule has 2 saturated heterocycles. The maximum absolute atomic E-state index is 13.0. The number of imide groups is 1. The van der Waals surface area contributed by atoms with Crippen LogP contribution in [0.2, 0.25) is 0 Å². The second-order valence-corrected chi connectivity index (χ2v) is 9.71. The molecule has 1 aromatic carbocycles. The zero-order chi connectivity index (χ0) is 19.9. The Hall–Kier alpha value is -2.13. The lowest BCUT2D eigenvalue weighted by molar-refractivity contribution is -0.131. The van der Waals surface area contributed by atoms with Gasteiger partial charge in [-0.15, -0.1) is 0 Å². The molecule has 0 atom stereocenters. The van der Waals surface area contributed by atoms with Gasteiger partial charge in [0, 0.05) is 20.1 Å². The Morgan fingerprint density at radius 3 is 2.21 bits per heavy atom. The average Bonchev–Trinajstić information content (AvgIpc) is 3.26. The Morgan fingerprint density at radius 1 is 1.07 bits per heavy atom. The van der Waals surface area contributed by atoms with E-state index in [9.17, 15) is 18.0 Å². The van der Waals surface area contributed by atoms with Gasteiger partial charge in [0.25, 0.3) is 5.91 Å². The minimum atomic E-state index is -3.66. The van der Waals surface area contributed by atoms with Gasteiger partial charge in [0.05, 0.1) is 11.0 Å². The third-order valence-corrected chi connectivity index (χ3v) is 7.92. The van der Waals surface area contributed by atoms with Crippen molar-refractivity contribution < 1.29 is 22.7 Å². The summed E-state index contributed by atoms with van der Waals surface area (Å²) in [4.78, 5) is 25.4. The van der Waals surface area contributed by atoms with E-state index in [1.54, 1.807) is 24.3 Å². The van der Waals surface area contributed by atoms with E-state index in [0.29, 0.717) is 5.75 Å². The predicted octanol–water partition coefficient (Wildman–Crippen LogP) is 1.71. The van der Waals surface area contributed by atoms with Crippen molar-refractivity contribution in [2.75, 3.05) is 20.1 Å². The van der Waals surface area contributed by atoms with Crippen molar-refractivity contribution in [3.8, 4) is 5.75 Å². The fourth-order valence-electron chi connectivity index (χ4n) is 4.24. The van der Waals surface area contributed by atoms with E-state index in [1.165, 1.54) is 24.2 Å². The van der Waals surface area contributed by atoms with Crippen LogP contribution in [-0.2, 0) is 14.8 Å². The van der Waals surface area contributed by atoms with Crippen LogP contribution in [-0.4, -0.2) is 61.3 Å². The van der Waals surface area contributed by atoms with E-state index in [1.807, 2.05) is 0 Å². The van der Waals surface area contributed by atoms with Crippen molar-refractivity contribution in [3.63, 3.8) is 0 Å². The molecule has 1 spiro atoms. The van der Waals surface area contributed by atoms with Gasteiger partial charge in [0.15, 0.2) is 0 Å². The number of carbonyl (C=O) groups excluding carboxylic acids is 2. The third-order valence-electron chi connectivity index (χ3n) is 6.01. The fraction of sp³-hybridized carbons (Fsp3) is 0.579. The quantitative estimate of drug-likeness (QED) is 0.767. The topological polar surface area (TPSA) is 96.0 Å². The number of carbonyl (C=O) groups is 2. The molecule has 1 aromatic rings. The third kappa shape index (κ3) is 3.26. The van der Waals surface area contributed by atoms with Crippen LogP contribution < -0.4 is 10.1 Å². The van der Waals surface area contributed by atoms with E-state index in [4.69, 9.17) is 4.74 Å². The first-order chi connectivity index (χ1) is 13.3. The molecule has 3 aliphatic rings. The number of benzene rings is 1. The molecule has 9 heteroatoms. The van der Waals surface area contributed by atoms with Crippen molar-refractivity contribution in [2.45, 2.75) is 55.1 Å². The van der Waals surface area contributed by atoms with Crippen LogP contribution in [0.25, 0.3) is 0 Å². The Morgan fingerprint density at radius 2 is 1.68 bits per heavy atom. The molecule has 0 bridgehead atoms. The molecule has 0 radical (unpaired) electrons. The van der Waals surface area contributed by atoms with Gasteiger partial charge in [-0.1, -0.05) is 0 Å². The standard InChI is InChI=1S/C19H25N3O5S/c1-21-17(23)19(20-18(21)24)10-12-22(13-11-19)28(25,26)16-8-6-15(7-9-16)27-14-4-2-3-5-14/h6-9,14H,2-5,10-13H2,1H3,(H,20,24). The van der Waals surface area contributed by atoms with Crippen LogP contribution in [0.5, 0.6) is 5.75 Å². The zero-order valence-electron chi connectivity index (χ0n) is 15.9. The number of piperidine rings is 1. The summed E-state index contributed by atoms with van der Waals surface area (Å²) >= 11 is 0. The zero-order valence-corrected chi connectivity index (χ0v) is 16.7. The van der Waals surface area contributed by atoms with Gasteiger partial charge in [-0.2, -0.15) is 4.31 Å². The maximum atomic E-state index is 13.0. The van der Waals surface area contributed by atoms with Gasteiger partial charge in [0.2, 0.25) is 10.0 Å². The molecule has 1 N–H and O–H groups in total. The normalized spacial score (nSPS) is 23.4. The summed E-state index contributed by atoms with van der Waals surface area (Å²) in [5.74, 6) is 0.397. The molecular weight excluding hydrogens is 382 g/mol. The number of urea groups is 1. The summed E-state index contributed by atoms with van der Waals surface area (Å²) in [6.07, 6.45) is 5.19. The SMILES string of the molecule is CN1C(=O)NC2(CCN(S(=O)(=O)c3ccc(OC4CCCC4)cc3)CC2)C1=O. The van der Waals surface area contributed by atoms with Crippen LogP contribution in [0.1, 0.15) is 38.5 Å². The number of hydrogen-bond donors (Lipinski definition) is 1. The lowest BCUT2D eigenvalue weighted by Crippen LogP contribution is -2.55. The minimum absolute atomic E-state index is 0.183. The summed E-state index contributed by atoms with van der Waals surface area (Å²) < 4.78 is 33.2. The smallest absolute Gasteiger partial charge is 0.324 e. The number of likely N-dealkylation sites (N-methyl/N-ethyl adjacent to an activating group) is 1. The van der Waals surface area contributed by atoms with Crippen molar-refractivity contribution >= 4 is 22.0 Å². The first-order valence-electron chi connectivity index (χ1n) is 9.69. The summed E-state index contributed by atoms with van der Waals surface area (Å²) in [6, 6.07) is 6.11. The molecule has 3 amide bonds. The van der Waals surface area contributed by atoms with Crippen LogP contribution >= 0.6 is 0 Å². The number of nitrogens with one attached hydrogen (secondary N) is 1. The van der Waals surface area contributed by atoms with E-state index in [-0.39, 0.29) is 42.8 Å². The second-order valence-electron chi connectivity index (χ2n) is 7.78. The largest absolute Gasteiger partial charge is 0.490 e. The van der Waals surface area contributed by atoms with Crippen molar-refractivity contribution in [3.05, 3.63) is 24.3 Å². The highest BCUT2D eigenvalue weighted by molar-refractivity contribution is 7.89. The van der Waals surface area contributed by atoms with Crippen LogP contribution in [0.3, 0.4) is 0 Å². The lowest BCUT2D eigenvalue weighted by Gasteiger charge is -2.36.